The molecule has 0 radical (unpaired) electrons. The SMILES string of the molecule is CC[C@H](C)[C@H]1NC2(CCN(C(=O)c3ccc(Cl)cc3)CC2)N(C[C@H]2CCCO2)C1=O. The summed E-state index contributed by atoms with van der Waals surface area (Å²) < 4.78 is 5.85. The highest BCUT2D eigenvalue weighted by molar-refractivity contribution is 6.30. The molecule has 0 aromatic heterocycles. The normalized spacial score (nSPS) is 27.1. The molecular formula is C23H32ClN3O3. The van der Waals surface area contributed by atoms with Gasteiger partial charge in [0.2, 0.25) is 5.91 Å². The Bertz CT molecular complexity index is 770. The first kappa shape index (κ1) is 21.6. The molecule has 7 heteroatoms. The third-order valence-corrected chi connectivity index (χ3v) is 7.32. The van der Waals surface area contributed by atoms with Crippen LogP contribution in [0.2, 0.25) is 5.02 Å². The molecule has 1 spiro atoms. The van der Waals surface area contributed by atoms with Gasteiger partial charge < -0.3 is 14.5 Å². The molecule has 6 nitrogen and oxygen atoms in total. The van der Waals surface area contributed by atoms with E-state index in [1.54, 1.807) is 24.3 Å². The zero-order valence-electron chi connectivity index (χ0n) is 17.9. The third-order valence-electron chi connectivity index (χ3n) is 7.07. The summed E-state index contributed by atoms with van der Waals surface area (Å²) >= 11 is 5.95. The molecule has 3 aliphatic rings. The Kier molecular flexibility index (Phi) is 6.37. The van der Waals surface area contributed by atoms with E-state index in [2.05, 4.69) is 19.2 Å². The van der Waals surface area contributed by atoms with Crippen LogP contribution < -0.4 is 5.32 Å². The highest BCUT2D eigenvalue weighted by Crippen LogP contribution is 2.36. The number of halogens is 1. The summed E-state index contributed by atoms with van der Waals surface area (Å²) in [5.41, 5.74) is 0.271. The maximum Gasteiger partial charge on any atom is 0.253 e. The summed E-state index contributed by atoms with van der Waals surface area (Å²) in [4.78, 5) is 30.2. The van der Waals surface area contributed by atoms with Crippen molar-refractivity contribution in [1.29, 1.82) is 0 Å². The van der Waals surface area contributed by atoms with Crippen molar-refractivity contribution in [2.24, 2.45) is 5.92 Å². The summed E-state index contributed by atoms with van der Waals surface area (Å²) in [6.45, 7) is 6.93. The molecule has 1 aromatic carbocycles. The van der Waals surface area contributed by atoms with E-state index in [-0.39, 0.29) is 35.5 Å². The number of carbonyl (C=O) groups excluding carboxylic acids is 2. The summed E-state index contributed by atoms with van der Waals surface area (Å²) in [6.07, 6.45) is 4.61. The standard InChI is InChI=1S/C23H32ClN3O3/c1-3-16(2)20-22(29)27(15-19-5-4-14-30-19)23(25-20)10-12-26(13-11-23)21(28)17-6-8-18(24)9-7-17/h6-9,16,19-20,25H,3-5,10-15H2,1-2H3/t16-,19+,20+/m0/s1. The Morgan fingerprint density at radius 2 is 2.00 bits per heavy atom. The van der Waals surface area contributed by atoms with E-state index in [1.807, 2.05) is 9.80 Å². The maximum absolute atomic E-state index is 13.4. The first-order chi connectivity index (χ1) is 14.4. The molecular weight excluding hydrogens is 402 g/mol. The molecule has 0 aliphatic carbocycles. The van der Waals surface area contributed by atoms with E-state index in [9.17, 15) is 9.59 Å². The van der Waals surface area contributed by atoms with Crippen molar-refractivity contribution >= 4 is 23.4 Å². The Hall–Kier alpha value is -1.63. The summed E-state index contributed by atoms with van der Waals surface area (Å²) in [6, 6.07) is 6.88. The fourth-order valence-corrected chi connectivity index (χ4v) is 5.08. The number of nitrogens with zero attached hydrogens (tertiary/aromatic N) is 2. The lowest BCUT2D eigenvalue weighted by Crippen LogP contribution is -2.60. The fourth-order valence-electron chi connectivity index (χ4n) is 4.95. The second kappa shape index (κ2) is 8.85. The second-order valence-corrected chi connectivity index (χ2v) is 9.36. The fraction of sp³-hybridized carbons (Fsp3) is 0.652. The lowest BCUT2D eigenvalue weighted by molar-refractivity contribution is -0.136. The van der Waals surface area contributed by atoms with Gasteiger partial charge in [0, 0.05) is 49.7 Å². The van der Waals surface area contributed by atoms with Crippen LogP contribution >= 0.6 is 11.6 Å². The average Bonchev–Trinajstić information content (AvgIpc) is 3.37. The van der Waals surface area contributed by atoms with E-state index < -0.39 is 0 Å². The number of carbonyl (C=O) groups is 2. The van der Waals surface area contributed by atoms with E-state index in [1.165, 1.54) is 0 Å². The van der Waals surface area contributed by atoms with Crippen LogP contribution in [0.5, 0.6) is 0 Å². The molecule has 1 aromatic rings. The molecule has 3 heterocycles. The number of hydrogen-bond acceptors (Lipinski definition) is 4. The Balaban J connectivity index is 1.49. The van der Waals surface area contributed by atoms with E-state index in [4.69, 9.17) is 16.3 Å². The highest BCUT2D eigenvalue weighted by Gasteiger charge is 2.53. The Morgan fingerprint density at radius 1 is 1.30 bits per heavy atom. The van der Waals surface area contributed by atoms with Crippen LogP contribution in [0.25, 0.3) is 0 Å². The van der Waals surface area contributed by atoms with Crippen LogP contribution in [-0.2, 0) is 9.53 Å². The van der Waals surface area contributed by atoms with Gasteiger partial charge in [-0.05, 0) is 43.0 Å². The molecule has 3 saturated heterocycles. The molecule has 3 aliphatic heterocycles. The van der Waals surface area contributed by atoms with Crippen molar-refractivity contribution in [2.75, 3.05) is 26.2 Å². The van der Waals surface area contributed by atoms with Crippen LogP contribution in [0.4, 0.5) is 0 Å². The summed E-state index contributed by atoms with van der Waals surface area (Å²) in [5.74, 6) is 0.491. The molecule has 3 atom stereocenters. The van der Waals surface area contributed by atoms with Gasteiger partial charge >= 0.3 is 0 Å². The minimum absolute atomic E-state index is 0.0231. The number of rotatable bonds is 5. The number of hydrogen-bond donors (Lipinski definition) is 1. The Labute approximate surface area is 183 Å². The van der Waals surface area contributed by atoms with Crippen molar-refractivity contribution in [3.8, 4) is 0 Å². The number of piperidine rings is 1. The molecule has 30 heavy (non-hydrogen) atoms. The lowest BCUT2D eigenvalue weighted by Gasteiger charge is -2.45. The minimum Gasteiger partial charge on any atom is -0.376 e. The topological polar surface area (TPSA) is 61.9 Å². The number of ether oxygens (including phenoxy) is 1. The van der Waals surface area contributed by atoms with Gasteiger partial charge in [0.25, 0.3) is 5.91 Å². The van der Waals surface area contributed by atoms with Gasteiger partial charge in [-0.2, -0.15) is 0 Å². The van der Waals surface area contributed by atoms with E-state index >= 15 is 0 Å². The molecule has 2 amide bonds. The van der Waals surface area contributed by atoms with Crippen LogP contribution in [0.1, 0.15) is 56.3 Å². The number of likely N-dealkylation sites (tertiary alicyclic amines) is 1. The quantitative estimate of drug-likeness (QED) is 0.773. The monoisotopic (exact) mass is 433 g/mol. The zero-order valence-corrected chi connectivity index (χ0v) is 18.7. The molecule has 164 valence electrons. The van der Waals surface area contributed by atoms with Gasteiger partial charge in [-0.15, -0.1) is 0 Å². The van der Waals surface area contributed by atoms with E-state index in [0.29, 0.717) is 30.2 Å². The van der Waals surface area contributed by atoms with Gasteiger partial charge in [-0.1, -0.05) is 31.9 Å². The summed E-state index contributed by atoms with van der Waals surface area (Å²) in [5, 5.41) is 4.33. The predicted octanol–water partition coefficient (Wildman–Crippen LogP) is 3.30. The van der Waals surface area contributed by atoms with Crippen LogP contribution in [0, 0.1) is 5.92 Å². The largest absolute Gasteiger partial charge is 0.376 e. The first-order valence-corrected chi connectivity index (χ1v) is 11.6. The number of benzene rings is 1. The van der Waals surface area contributed by atoms with Crippen molar-refractivity contribution in [2.45, 2.75) is 63.8 Å². The smallest absolute Gasteiger partial charge is 0.253 e. The molecule has 0 saturated carbocycles. The maximum atomic E-state index is 13.4. The number of amides is 2. The van der Waals surface area contributed by atoms with Gasteiger partial charge in [-0.25, -0.2) is 0 Å². The van der Waals surface area contributed by atoms with Crippen LogP contribution in [-0.4, -0.2) is 65.7 Å². The third kappa shape index (κ3) is 4.10. The summed E-state index contributed by atoms with van der Waals surface area (Å²) in [7, 11) is 0. The molecule has 3 fully saturated rings. The van der Waals surface area contributed by atoms with Crippen LogP contribution in [0.3, 0.4) is 0 Å². The Morgan fingerprint density at radius 3 is 2.60 bits per heavy atom. The van der Waals surface area contributed by atoms with Crippen molar-refractivity contribution in [1.82, 2.24) is 15.1 Å². The molecule has 0 unspecified atom stereocenters. The average molecular weight is 434 g/mol. The van der Waals surface area contributed by atoms with Crippen molar-refractivity contribution in [3.05, 3.63) is 34.9 Å². The van der Waals surface area contributed by atoms with Gasteiger partial charge in [-0.3, -0.25) is 14.9 Å². The highest BCUT2D eigenvalue weighted by atomic mass is 35.5. The van der Waals surface area contributed by atoms with Gasteiger partial charge in [0.1, 0.15) is 0 Å². The van der Waals surface area contributed by atoms with Crippen LogP contribution in [0.15, 0.2) is 24.3 Å². The van der Waals surface area contributed by atoms with Crippen molar-refractivity contribution in [3.63, 3.8) is 0 Å². The molecule has 1 N–H and O–H groups in total. The molecule has 4 rings (SSSR count). The van der Waals surface area contributed by atoms with Crippen molar-refractivity contribution < 1.29 is 14.3 Å². The van der Waals surface area contributed by atoms with Gasteiger partial charge in [0.05, 0.1) is 17.8 Å². The van der Waals surface area contributed by atoms with E-state index in [0.717, 1.165) is 38.7 Å². The first-order valence-electron chi connectivity index (χ1n) is 11.2. The number of nitrogens with one attached hydrogen (secondary N) is 1. The van der Waals surface area contributed by atoms with Gasteiger partial charge in [0.15, 0.2) is 0 Å². The predicted molar refractivity (Wildman–Crippen MR) is 116 cm³/mol. The second-order valence-electron chi connectivity index (χ2n) is 8.92. The molecule has 0 bridgehead atoms. The zero-order chi connectivity index (χ0) is 21.3. The lowest BCUT2D eigenvalue weighted by atomic mass is 9.94. The minimum atomic E-state index is -0.381.